The summed E-state index contributed by atoms with van der Waals surface area (Å²) in [5, 5.41) is 11.6. The Labute approximate surface area is 122 Å². The summed E-state index contributed by atoms with van der Waals surface area (Å²) in [7, 11) is 0. The van der Waals surface area contributed by atoms with E-state index in [-0.39, 0.29) is 24.8 Å². The topological polar surface area (TPSA) is 75.6 Å². The first-order chi connectivity index (χ1) is 9.40. The summed E-state index contributed by atoms with van der Waals surface area (Å²) in [6, 6.07) is 6.79. The molecule has 1 atom stereocenters. The van der Waals surface area contributed by atoms with Crippen molar-refractivity contribution in [3.05, 3.63) is 29.3 Å². The lowest BCUT2D eigenvalue weighted by atomic mass is 10.1. The summed E-state index contributed by atoms with van der Waals surface area (Å²) in [5.74, 6) is -0.841. The Morgan fingerprint density at radius 3 is 2.65 bits per heavy atom. The van der Waals surface area contributed by atoms with Crippen LogP contribution in [0.3, 0.4) is 0 Å². The summed E-state index contributed by atoms with van der Waals surface area (Å²) in [4.78, 5) is 22.4. The highest BCUT2D eigenvalue weighted by Crippen LogP contribution is 2.20. The van der Waals surface area contributed by atoms with Crippen molar-refractivity contribution in [3.8, 4) is 5.75 Å². The van der Waals surface area contributed by atoms with Gasteiger partial charge in [0.1, 0.15) is 5.75 Å². The van der Waals surface area contributed by atoms with Gasteiger partial charge in [-0.2, -0.15) is 0 Å². The van der Waals surface area contributed by atoms with Crippen LogP contribution in [0, 0.1) is 5.92 Å². The fourth-order valence-corrected chi connectivity index (χ4v) is 1.75. The Hall–Kier alpha value is -1.75. The van der Waals surface area contributed by atoms with Gasteiger partial charge in [-0.1, -0.05) is 31.5 Å². The molecule has 0 spiro atoms. The molecular formula is C14H18ClNO4. The minimum Gasteiger partial charge on any atom is -0.481 e. The zero-order valence-electron chi connectivity index (χ0n) is 11.4. The highest BCUT2D eigenvalue weighted by molar-refractivity contribution is 6.30. The summed E-state index contributed by atoms with van der Waals surface area (Å²) in [6.07, 6.45) is -0.810. The number of carbonyl (C=O) groups excluding carboxylic acids is 1. The number of ether oxygens (including phenoxy) is 1. The first kappa shape index (κ1) is 16.3. The highest BCUT2D eigenvalue weighted by atomic mass is 35.5. The molecule has 1 unspecified atom stereocenters. The molecule has 1 amide bonds. The summed E-state index contributed by atoms with van der Waals surface area (Å²) in [6.45, 7) is 3.79. The third kappa shape index (κ3) is 5.48. The maximum atomic E-state index is 12.0. The Balaban J connectivity index is 2.64. The van der Waals surface area contributed by atoms with E-state index < -0.39 is 12.1 Å². The van der Waals surface area contributed by atoms with E-state index in [2.05, 4.69) is 5.32 Å². The van der Waals surface area contributed by atoms with Gasteiger partial charge in [-0.05, 0) is 24.1 Å². The largest absolute Gasteiger partial charge is 0.481 e. The van der Waals surface area contributed by atoms with E-state index in [4.69, 9.17) is 21.4 Å². The Bertz CT molecular complexity index is 476. The number of carboxylic acid groups (broad SMARTS) is 1. The zero-order chi connectivity index (χ0) is 15.1. The SMILES string of the molecule is CC(C)C(Oc1cccc(Cl)c1)C(=O)NCCC(=O)O. The van der Waals surface area contributed by atoms with Crippen LogP contribution in [0.5, 0.6) is 5.75 Å². The number of halogens is 1. The van der Waals surface area contributed by atoms with E-state index in [9.17, 15) is 9.59 Å². The third-order valence-corrected chi connectivity index (χ3v) is 2.80. The molecule has 1 rings (SSSR count). The standard InChI is InChI=1S/C14H18ClNO4/c1-9(2)13(14(19)16-7-6-12(17)18)20-11-5-3-4-10(15)8-11/h3-5,8-9,13H,6-7H2,1-2H3,(H,16,19)(H,17,18). The number of benzene rings is 1. The van der Waals surface area contributed by atoms with E-state index in [0.29, 0.717) is 10.8 Å². The van der Waals surface area contributed by atoms with Crippen LogP contribution in [0.15, 0.2) is 24.3 Å². The van der Waals surface area contributed by atoms with Crippen molar-refractivity contribution in [2.45, 2.75) is 26.4 Å². The molecule has 5 nitrogen and oxygen atoms in total. The quantitative estimate of drug-likeness (QED) is 0.810. The number of nitrogens with one attached hydrogen (secondary N) is 1. The van der Waals surface area contributed by atoms with Crippen molar-refractivity contribution < 1.29 is 19.4 Å². The second kappa shape index (κ2) is 7.75. The van der Waals surface area contributed by atoms with Gasteiger partial charge in [-0.15, -0.1) is 0 Å². The van der Waals surface area contributed by atoms with Gasteiger partial charge in [0.25, 0.3) is 5.91 Å². The normalized spacial score (nSPS) is 12.0. The van der Waals surface area contributed by atoms with E-state index >= 15 is 0 Å². The van der Waals surface area contributed by atoms with Crippen LogP contribution in [0.25, 0.3) is 0 Å². The molecule has 0 bridgehead atoms. The molecule has 2 N–H and O–H groups in total. The molecule has 0 saturated carbocycles. The number of amides is 1. The van der Waals surface area contributed by atoms with Crippen LogP contribution < -0.4 is 10.1 Å². The first-order valence-electron chi connectivity index (χ1n) is 6.32. The number of carboxylic acids is 1. The molecule has 20 heavy (non-hydrogen) atoms. The summed E-state index contributed by atoms with van der Waals surface area (Å²) in [5.41, 5.74) is 0. The Morgan fingerprint density at radius 1 is 1.40 bits per heavy atom. The van der Waals surface area contributed by atoms with Gasteiger partial charge in [0.05, 0.1) is 6.42 Å². The molecule has 0 heterocycles. The average molecular weight is 300 g/mol. The van der Waals surface area contributed by atoms with Crippen molar-refractivity contribution in [1.29, 1.82) is 0 Å². The molecule has 0 aliphatic rings. The van der Waals surface area contributed by atoms with Crippen LogP contribution >= 0.6 is 11.6 Å². The first-order valence-corrected chi connectivity index (χ1v) is 6.69. The van der Waals surface area contributed by atoms with Gasteiger partial charge in [0.15, 0.2) is 6.10 Å². The van der Waals surface area contributed by atoms with E-state index in [0.717, 1.165) is 0 Å². The van der Waals surface area contributed by atoms with Crippen LogP contribution in [-0.2, 0) is 9.59 Å². The van der Waals surface area contributed by atoms with Crippen LogP contribution in [0.1, 0.15) is 20.3 Å². The van der Waals surface area contributed by atoms with Crippen molar-refractivity contribution in [3.63, 3.8) is 0 Å². The van der Waals surface area contributed by atoms with Gasteiger partial charge in [0, 0.05) is 11.6 Å². The Morgan fingerprint density at radius 2 is 2.10 bits per heavy atom. The molecule has 1 aromatic rings. The van der Waals surface area contributed by atoms with E-state index in [1.165, 1.54) is 0 Å². The van der Waals surface area contributed by atoms with Crippen molar-refractivity contribution in [1.82, 2.24) is 5.32 Å². The predicted molar refractivity (Wildman–Crippen MR) is 76.0 cm³/mol. The third-order valence-electron chi connectivity index (χ3n) is 2.56. The second-order valence-electron chi connectivity index (χ2n) is 4.67. The number of rotatable bonds is 7. The van der Waals surface area contributed by atoms with Gasteiger partial charge in [0.2, 0.25) is 0 Å². The van der Waals surface area contributed by atoms with Crippen molar-refractivity contribution in [2.75, 3.05) is 6.54 Å². The molecule has 0 aromatic heterocycles. The smallest absolute Gasteiger partial charge is 0.305 e. The molecule has 0 aliphatic heterocycles. The lowest BCUT2D eigenvalue weighted by molar-refractivity contribution is -0.137. The molecule has 0 aliphatic carbocycles. The fraction of sp³-hybridized carbons (Fsp3) is 0.429. The number of carbonyl (C=O) groups is 2. The molecular weight excluding hydrogens is 282 g/mol. The molecule has 0 fully saturated rings. The van der Waals surface area contributed by atoms with E-state index in [1.54, 1.807) is 24.3 Å². The molecule has 1 aromatic carbocycles. The van der Waals surface area contributed by atoms with Crippen molar-refractivity contribution in [2.24, 2.45) is 5.92 Å². The zero-order valence-corrected chi connectivity index (χ0v) is 12.2. The van der Waals surface area contributed by atoms with E-state index in [1.807, 2.05) is 13.8 Å². The second-order valence-corrected chi connectivity index (χ2v) is 5.11. The van der Waals surface area contributed by atoms with Crippen LogP contribution in [0.2, 0.25) is 5.02 Å². The van der Waals surface area contributed by atoms with Gasteiger partial charge in [-0.3, -0.25) is 9.59 Å². The lowest BCUT2D eigenvalue weighted by Crippen LogP contribution is -2.42. The van der Waals surface area contributed by atoms with Crippen LogP contribution in [-0.4, -0.2) is 29.6 Å². The number of hydrogen-bond donors (Lipinski definition) is 2. The number of hydrogen-bond acceptors (Lipinski definition) is 3. The molecule has 0 radical (unpaired) electrons. The molecule has 110 valence electrons. The maximum absolute atomic E-state index is 12.0. The highest BCUT2D eigenvalue weighted by Gasteiger charge is 2.24. The maximum Gasteiger partial charge on any atom is 0.305 e. The fourth-order valence-electron chi connectivity index (χ4n) is 1.57. The van der Waals surface area contributed by atoms with Gasteiger partial charge in [-0.25, -0.2) is 0 Å². The monoisotopic (exact) mass is 299 g/mol. The summed E-state index contributed by atoms with van der Waals surface area (Å²) < 4.78 is 5.63. The lowest BCUT2D eigenvalue weighted by Gasteiger charge is -2.21. The minimum absolute atomic E-state index is 0.0567. The average Bonchev–Trinajstić information content (AvgIpc) is 2.35. The predicted octanol–water partition coefficient (Wildman–Crippen LogP) is 2.33. The number of aliphatic carboxylic acids is 1. The Kier molecular flexibility index (Phi) is 6.31. The molecule has 0 saturated heterocycles. The molecule has 6 heteroatoms. The van der Waals surface area contributed by atoms with Crippen LogP contribution in [0.4, 0.5) is 0 Å². The van der Waals surface area contributed by atoms with Gasteiger partial charge < -0.3 is 15.2 Å². The van der Waals surface area contributed by atoms with Gasteiger partial charge >= 0.3 is 5.97 Å². The summed E-state index contributed by atoms with van der Waals surface area (Å²) >= 11 is 5.86. The van der Waals surface area contributed by atoms with Crippen molar-refractivity contribution >= 4 is 23.5 Å². The minimum atomic E-state index is -0.956.